The minimum Gasteiger partial charge on any atom is -0.493 e. The number of ether oxygens (including phenoxy) is 2. The fourth-order valence-corrected chi connectivity index (χ4v) is 2.43. The molecule has 3 aromatic rings. The molecule has 0 bridgehead atoms. The molecule has 3 rings (SSSR count). The van der Waals surface area contributed by atoms with Crippen LogP contribution in [0.1, 0.15) is 12.5 Å². The van der Waals surface area contributed by atoms with Crippen LogP contribution in [0.15, 0.2) is 48.8 Å². The number of hydrogen-bond donors (Lipinski definition) is 1. The van der Waals surface area contributed by atoms with Gasteiger partial charge in [0.15, 0.2) is 11.5 Å². The van der Waals surface area contributed by atoms with Crippen molar-refractivity contribution < 1.29 is 9.47 Å². The van der Waals surface area contributed by atoms with Gasteiger partial charge in [0.25, 0.3) is 0 Å². The summed E-state index contributed by atoms with van der Waals surface area (Å²) < 4.78 is 10.9. The van der Waals surface area contributed by atoms with Crippen LogP contribution in [0.4, 0.5) is 5.82 Å². The second-order valence-electron chi connectivity index (χ2n) is 5.01. The lowest BCUT2D eigenvalue weighted by molar-refractivity contribution is 0.310. The number of anilines is 1. The quantitative estimate of drug-likeness (QED) is 0.753. The Morgan fingerprint density at radius 1 is 1.04 bits per heavy atom. The minimum absolute atomic E-state index is 0.601. The third-order valence-electron chi connectivity index (χ3n) is 3.53. The van der Waals surface area contributed by atoms with Crippen molar-refractivity contribution in [2.75, 3.05) is 19.0 Å². The third kappa shape index (κ3) is 3.34. The topological polar surface area (TPSA) is 56.3 Å². The Kier molecular flexibility index (Phi) is 4.57. The van der Waals surface area contributed by atoms with Crippen LogP contribution in [-0.2, 0) is 6.54 Å². The number of nitrogens with one attached hydrogen (secondary N) is 1. The number of nitrogens with zero attached hydrogens (tertiary/aromatic N) is 2. The highest BCUT2D eigenvalue weighted by Gasteiger charge is 2.07. The number of aromatic nitrogens is 2. The molecule has 0 amide bonds. The van der Waals surface area contributed by atoms with Crippen LogP contribution >= 0.6 is 0 Å². The molecule has 0 saturated heterocycles. The number of rotatable bonds is 6. The Hall–Kier alpha value is -2.82. The average molecular weight is 309 g/mol. The van der Waals surface area contributed by atoms with E-state index in [4.69, 9.17) is 9.47 Å². The maximum Gasteiger partial charge on any atom is 0.161 e. The van der Waals surface area contributed by atoms with E-state index < -0.39 is 0 Å². The largest absolute Gasteiger partial charge is 0.493 e. The van der Waals surface area contributed by atoms with Gasteiger partial charge in [0.2, 0.25) is 0 Å². The first kappa shape index (κ1) is 15.1. The van der Waals surface area contributed by atoms with Gasteiger partial charge >= 0.3 is 0 Å². The maximum absolute atomic E-state index is 5.61. The summed E-state index contributed by atoms with van der Waals surface area (Å²) in [6.07, 6.45) is 1.57. The number of methoxy groups -OCH3 is 1. The van der Waals surface area contributed by atoms with E-state index in [0.29, 0.717) is 13.2 Å². The molecule has 1 heterocycles. The zero-order valence-electron chi connectivity index (χ0n) is 13.2. The molecule has 0 aliphatic carbocycles. The van der Waals surface area contributed by atoms with Crippen molar-refractivity contribution >= 4 is 16.7 Å². The second kappa shape index (κ2) is 6.96. The molecule has 0 fully saturated rings. The Morgan fingerprint density at radius 2 is 1.91 bits per heavy atom. The van der Waals surface area contributed by atoms with Crippen molar-refractivity contribution in [1.29, 1.82) is 0 Å². The summed E-state index contributed by atoms with van der Waals surface area (Å²) in [5.41, 5.74) is 2.02. The number of benzene rings is 2. The molecule has 0 saturated carbocycles. The van der Waals surface area contributed by atoms with Gasteiger partial charge in [-0.3, -0.25) is 0 Å². The molecule has 0 spiro atoms. The van der Waals surface area contributed by atoms with Crippen molar-refractivity contribution in [3.8, 4) is 11.5 Å². The van der Waals surface area contributed by atoms with E-state index in [1.807, 2.05) is 49.4 Å². The molecule has 0 radical (unpaired) electrons. The van der Waals surface area contributed by atoms with Gasteiger partial charge in [0.1, 0.15) is 12.1 Å². The molecule has 0 unspecified atom stereocenters. The van der Waals surface area contributed by atoms with E-state index in [1.54, 1.807) is 13.4 Å². The van der Waals surface area contributed by atoms with Crippen LogP contribution in [0.25, 0.3) is 10.9 Å². The fourth-order valence-electron chi connectivity index (χ4n) is 2.43. The molecule has 2 aromatic carbocycles. The highest BCUT2D eigenvalue weighted by Crippen LogP contribution is 2.28. The zero-order chi connectivity index (χ0) is 16.1. The lowest BCUT2D eigenvalue weighted by Crippen LogP contribution is -2.03. The summed E-state index contributed by atoms with van der Waals surface area (Å²) in [5, 5.41) is 4.37. The number of para-hydroxylation sites is 1. The summed E-state index contributed by atoms with van der Waals surface area (Å²) in [6.45, 7) is 3.20. The standard InChI is InChI=1S/C18H19N3O2/c1-3-23-17-10-13(8-9-16(17)22-2)11-19-18-14-6-4-5-7-15(14)20-12-21-18/h4-10,12H,3,11H2,1-2H3,(H,19,20,21). The molecular formula is C18H19N3O2. The molecule has 23 heavy (non-hydrogen) atoms. The zero-order valence-corrected chi connectivity index (χ0v) is 13.2. The smallest absolute Gasteiger partial charge is 0.161 e. The van der Waals surface area contributed by atoms with E-state index >= 15 is 0 Å². The lowest BCUT2D eigenvalue weighted by atomic mass is 10.2. The molecule has 1 aromatic heterocycles. The van der Waals surface area contributed by atoms with Crippen molar-refractivity contribution in [2.45, 2.75) is 13.5 Å². The second-order valence-corrected chi connectivity index (χ2v) is 5.01. The van der Waals surface area contributed by atoms with Crippen molar-refractivity contribution in [2.24, 2.45) is 0 Å². The van der Waals surface area contributed by atoms with E-state index in [0.717, 1.165) is 33.8 Å². The van der Waals surface area contributed by atoms with Crippen LogP contribution < -0.4 is 14.8 Å². The van der Waals surface area contributed by atoms with Gasteiger partial charge < -0.3 is 14.8 Å². The summed E-state index contributed by atoms with van der Waals surface area (Å²) in [4.78, 5) is 8.61. The van der Waals surface area contributed by atoms with E-state index in [9.17, 15) is 0 Å². The Bertz CT molecular complexity index is 800. The van der Waals surface area contributed by atoms with Crippen LogP contribution in [0.2, 0.25) is 0 Å². The predicted octanol–water partition coefficient (Wildman–Crippen LogP) is 3.65. The summed E-state index contributed by atoms with van der Waals surface area (Å²) in [6, 6.07) is 13.9. The average Bonchev–Trinajstić information content (AvgIpc) is 2.60. The molecule has 0 aliphatic heterocycles. The summed E-state index contributed by atoms with van der Waals surface area (Å²) in [7, 11) is 1.64. The van der Waals surface area contributed by atoms with Gasteiger partial charge in [-0.1, -0.05) is 18.2 Å². The molecule has 5 heteroatoms. The Morgan fingerprint density at radius 3 is 2.74 bits per heavy atom. The van der Waals surface area contributed by atoms with Gasteiger partial charge in [0, 0.05) is 11.9 Å². The van der Waals surface area contributed by atoms with Crippen LogP contribution in [-0.4, -0.2) is 23.7 Å². The van der Waals surface area contributed by atoms with Gasteiger partial charge in [-0.05, 0) is 36.8 Å². The maximum atomic E-state index is 5.61. The van der Waals surface area contributed by atoms with Gasteiger partial charge in [-0.2, -0.15) is 0 Å². The first-order chi connectivity index (χ1) is 11.3. The van der Waals surface area contributed by atoms with E-state index in [-0.39, 0.29) is 0 Å². The summed E-state index contributed by atoms with van der Waals surface area (Å²) in [5.74, 6) is 2.31. The van der Waals surface area contributed by atoms with Gasteiger partial charge in [-0.25, -0.2) is 9.97 Å². The van der Waals surface area contributed by atoms with Crippen molar-refractivity contribution in [3.05, 3.63) is 54.4 Å². The molecule has 0 atom stereocenters. The first-order valence-corrected chi connectivity index (χ1v) is 7.55. The summed E-state index contributed by atoms with van der Waals surface area (Å²) >= 11 is 0. The SMILES string of the molecule is CCOc1cc(CNc2ncnc3ccccc23)ccc1OC. The third-order valence-corrected chi connectivity index (χ3v) is 3.53. The molecule has 0 aliphatic rings. The van der Waals surface area contributed by atoms with Gasteiger partial charge in [0.05, 0.1) is 19.2 Å². The van der Waals surface area contributed by atoms with Crippen LogP contribution in [0, 0.1) is 0 Å². The highest BCUT2D eigenvalue weighted by molar-refractivity contribution is 5.88. The number of hydrogen-bond acceptors (Lipinski definition) is 5. The van der Waals surface area contributed by atoms with E-state index in [2.05, 4.69) is 15.3 Å². The Labute approximate surface area is 135 Å². The van der Waals surface area contributed by atoms with Crippen molar-refractivity contribution in [1.82, 2.24) is 9.97 Å². The predicted molar refractivity (Wildman–Crippen MR) is 91.0 cm³/mol. The Balaban J connectivity index is 1.81. The first-order valence-electron chi connectivity index (χ1n) is 7.55. The van der Waals surface area contributed by atoms with E-state index in [1.165, 1.54) is 0 Å². The molecule has 5 nitrogen and oxygen atoms in total. The monoisotopic (exact) mass is 309 g/mol. The normalized spacial score (nSPS) is 10.5. The van der Waals surface area contributed by atoms with Crippen LogP contribution in [0.3, 0.4) is 0 Å². The minimum atomic E-state index is 0.601. The van der Waals surface area contributed by atoms with Crippen molar-refractivity contribution in [3.63, 3.8) is 0 Å². The highest BCUT2D eigenvalue weighted by atomic mass is 16.5. The molecule has 118 valence electrons. The van der Waals surface area contributed by atoms with Crippen LogP contribution in [0.5, 0.6) is 11.5 Å². The van der Waals surface area contributed by atoms with Gasteiger partial charge in [-0.15, -0.1) is 0 Å². The number of fused-ring (bicyclic) bond motifs is 1. The molecular weight excluding hydrogens is 290 g/mol. The molecule has 1 N–H and O–H groups in total. The fraction of sp³-hybridized carbons (Fsp3) is 0.222. The lowest BCUT2D eigenvalue weighted by Gasteiger charge is -2.12.